The van der Waals surface area contributed by atoms with E-state index in [4.69, 9.17) is 12.2 Å². The van der Waals surface area contributed by atoms with Crippen LogP contribution >= 0.6 is 12.2 Å². The molecule has 2 heterocycles. The van der Waals surface area contributed by atoms with Gasteiger partial charge in [-0.1, -0.05) is 36.5 Å². The van der Waals surface area contributed by atoms with Crippen LogP contribution in [-0.2, 0) is 20.4 Å². The number of amides is 1. The van der Waals surface area contributed by atoms with Gasteiger partial charge in [0.1, 0.15) is 0 Å². The van der Waals surface area contributed by atoms with Crippen LogP contribution in [0, 0.1) is 0 Å². The number of carbonyl (C=O) groups excluding carboxylic acids is 1. The number of aliphatic hydroxyl groups is 1. The van der Waals surface area contributed by atoms with E-state index in [0.717, 1.165) is 0 Å². The number of nitrogens with one attached hydrogen (secondary N) is 1. The van der Waals surface area contributed by atoms with Gasteiger partial charge in [0.25, 0.3) is 0 Å². The molecule has 208 valence electrons. The van der Waals surface area contributed by atoms with Gasteiger partial charge in [0.05, 0.1) is 17.0 Å². The Morgan fingerprint density at radius 3 is 2.47 bits per heavy atom. The van der Waals surface area contributed by atoms with Crippen molar-refractivity contribution in [3.8, 4) is 0 Å². The van der Waals surface area contributed by atoms with Crippen molar-refractivity contribution in [2.24, 2.45) is 0 Å². The molecule has 3 atom stereocenters. The zero-order valence-electron chi connectivity index (χ0n) is 21.1. The monoisotopic (exact) mass is 572 g/mol. The molecule has 2 fully saturated rings. The van der Waals surface area contributed by atoms with Crippen LogP contribution in [0.2, 0.25) is 0 Å². The number of allylic oxidation sites excluding steroid dienone is 4. The standard InChI is InChI=1S/C25H31F3N4O4S2/c1-17-23(33)29-11-12-30(17)15-20-16-31(38(35,36)22-6-4-3-5-21(22)37)13-14-32(20)19-9-7-18(8-10-19)24(2,34)25(26,27)28/h3-4,6-10,17,20,34H,5,11-16H2,1-2H3,(H,29,33)/t17-,20-,24-/m0/s1. The van der Waals surface area contributed by atoms with Crippen molar-refractivity contribution >= 4 is 38.7 Å². The quantitative estimate of drug-likeness (QED) is 0.506. The summed E-state index contributed by atoms with van der Waals surface area (Å²) in [7, 11) is -3.86. The SMILES string of the molecule is C[C@H]1C(=O)NCCN1C[C@H]1CN(S(=O)(=O)C2=CC=CCC2=S)CCN1c1ccc([C@](C)(O)C(F)(F)F)cc1. The number of alkyl halides is 3. The molecule has 2 saturated heterocycles. The third kappa shape index (κ3) is 5.53. The second-order valence-electron chi connectivity index (χ2n) is 9.88. The molecule has 1 aromatic carbocycles. The molecular formula is C25H31F3N4O4S2. The summed E-state index contributed by atoms with van der Waals surface area (Å²) in [6.07, 6.45) is 0.501. The predicted molar refractivity (Wildman–Crippen MR) is 142 cm³/mol. The topological polar surface area (TPSA) is 93.2 Å². The summed E-state index contributed by atoms with van der Waals surface area (Å²) in [4.78, 5) is 16.6. The summed E-state index contributed by atoms with van der Waals surface area (Å²) < 4.78 is 68.4. The summed E-state index contributed by atoms with van der Waals surface area (Å²) in [5, 5.41) is 12.8. The molecule has 8 nitrogen and oxygen atoms in total. The molecule has 0 aromatic heterocycles. The van der Waals surface area contributed by atoms with E-state index in [1.54, 1.807) is 19.1 Å². The molecule has 0 bridgehead atoms. The predicted octanol–water partition coefficient (Wildman–Crippen LogP) is 2.31. The van der Waals surface area contributed by atoms with Crippen molar-refractivity contribution in [3.63, 3.8) is 0 Å². The van der Waals surface area contributed by atoms with Crippen molar-refractivity contribution < 1.29 is 31.5 Å². The van der Waals surface area contributed by atoms with E-state index >= 15 is 0 Å². The average molecular weight is 573 g/mol. The highest BCUT2D eigenvalue weighted by atomic mass is 32.2. The average Bonchev–Trinajstić information content (AvgIpc) is 2.86. The van der Waals surface area contributed by atoms with Crippen LogP contribution in [0.5, 0.6) is 0 Å². The molecule has 1 aromatic rings. The molecule has 3 aliphatic rings. The number of hydrogen-bond donors (Lipinski definition) is 2. The van der Waals surface area contributed by atoms with E-state index < -0.39 is 33.9 Å². The molecule has 4 rings (SSSR count). The number of thiocarbonyl (C=S) groups is 1. The molecule has 13 heteroatoms. The Morgan fingerprint density at radius 1 is 1.16 bits per heavy atom. The van der Waals surface area contributed by atoms with Crippen LogP contribution in [0.3, 0.4) is 0 Å². The zero-order chi connectivity index (χ0) is 27.9. The lowest BCUT2D eigenvalue weighted by atomic mass is 9.95. The fourth-order valence-electron chi connectivity index (χ4n) is 4.93. The van der Waals surface area contributed by atoms with E-state index in [1.807, 2.05) is 9.80 Å². The van der Waals surface area contributed by atoms with Gasteiger partial charge in [-0.15, -0.1) is 0 Å². The van der Waals surface area contributed by atoms with Gasteiger partial charge >= 0.3 is 6.18 Å². The Hall–Kier alpha value is -2.32. The fraction of sp³-hybridized carbons (Fsp3) is 0.520. The maximum Gasteiger partial charge on any atom is 0.421 e. The molecule has 2 aliphatic heterocycles. The normalized spacial score (nSPS) is 25.6. The van der Waals surface area contributed by atoms with E-state index in [-0.39, 0.29) is 36.0 Å². The minimum Gasteiger partial charge on any atom is -0.376 e. The number of hydrogen-bond acceptors (Lipinski definition) is 7. The van der Waals surface area contributed by atoms with Gasteiger partial charge in [0, 0.05) is 56.2 Å². The molecule has 0 saturated carbocycles. The maximum atomic E-state index is 13.5. The molecule has 2 N–H and O–H groups in total. The van der Waals surface area contributed by atoms with Gasteiger partial charge in [0.2, 0.25) is 15.9 Å². The highest BCUT2D eigenvalue weighted by Gasteiger charge is 2.51. The van der Waals surface area contributed by atoms with Crippen LogP contribution in [0.15, 0.2) is 47.4 Å². The Morgan fingerprint density at radius 2 is 1.84 bits per heavy atom. The van der Waals surface area contributed by atoms with E-state index in [9.17, 15) is 31.5 Å². The van der Waals surface area contributed by atoms with Crippen molar-refractivity contribution in [2.75, 3.05) is 44.2 Å². The van der Waals surface area contributed by atoms with Gasteiger partial charge < -0.3 is 15.3 Å². The minimum atomic E-state index is -4.84. The highest BCUT2D eigenvalue weighted by molar-refractivity contribution is 7.96. The van der Waals surface area contributed by atoms with E-state index in [1.165, 1.54) is 34.6 Å². The fourth-order valence-corrected chi connectivity index (χ4v) is 7.00. The summed E-state index contributed by atoms with van der Waals surface area (Å²) in [6.45, 7) is 4.44. The lowest BCUT2D eigenvalue weighted by Gasteiger charge is -2.45. The number of rotatable bonds is 6. The number of sulfonamides is 1. The number of benzene rings is 1. The Kier molecular flexibility index (Phi) is 8.06. The molecule has 0 spiro atoms. The molecule has 38 heavy (non-hydrogen) atoms. The van der Waals surface area contributed by atoms with Crippen molar-refractivity contribution in [1.29, 1.82) is 0 Å². The van der Waals surface area contributed by atoms with Crippen LogP contribution in [0.4, 0.5) is 18.9 Å². The van der Waals surface area contributed by atoms with Gasteiger partial charge in [-0.3, -0.25) is 9.69 Å². The van der Waals surface area contributed by atoms with Crippen molar-refractivity contribution in [3.05, 3.63) is 53.0 Å². The lowest BCUT2D eigenvalue weighted by Crippen LogP contribution is -2.62. The third-order valence-corrected chi connectivity index (χ3v) is 9.87. The number of anilines is 1. The second-order valence-corrected chi connectivity index (χ2v) is 12.3. The highest BCUT2D eigenvalue weighted by Crippen LogP contribution is 2.39. The van der Waals surface area contributed by atoms with Crippen molar-refractivity contribution in [1.82, 2.24) is 14.5 Å². The van der Waals surface area contributed by atoms with E-state index in [2.05, 4.69) is 5.32 Å². The lowest BCUT2D eigenvalue weighted by molar-refractivity contribution is -0.258. The number of nitrogens with zero attached hydrogens (tertiary/aromatic N) is 3. The Bertz CT molecular complexity index is 1250. The third-order valence-electron chi connectivity index (χ3n) is 7.41. The first kappa shape index (κ1) is 28.7. The Balaban J connectivity index is 1.63. The number of piperazine rings is 2. The largest absolute Gasteiger partial charge is 0.421 e. The number of halogens is 3. The summed E-state index contributed by atoms with van der Waals surface area (Å²) in [5.74, 6) is -0.119. The first-order chi connectivity index (χ1) is 17.7. The van der Waals surface area contributed by atoms with Crippen molar-refractivity contribution in [2.45, 2.75) is 44.1 Å². The Labute approximate surface area is 225 Å². The number of carbonyl (C=O) groups is 1. The first-order valence-electron chi connectivity index (χ1n) is 12.3. The van der Waals surface area contributed by atoms with E-state index in [0.29, 0.717) is 43.5 Å². The van der Waals surface area contributed by atoms with Gasteiger partial charge in [-0.2, -0.15) is 17.5 Å². The molecule has 0 unspecified atom stereocenters. The van der Waals surface area contributed by atoms with Gasteiger partial charge in [-0.05, 0) is 37.6 Å². The molecular weight excluding hydrogens is 541 g/mol. The first-order valence-corrected chi connectivity index (χ1v) is 14.2. The maximum absolute atomic E-state index is 13.5. The molecule has 0 radical (unpaired) electrons. The van der Waals surface area contributed by atoms with Crippen LogP contribution in [-0.4, -0.2) is 91.0 Å². The minimum absolute atomic E-state index is 0.103. The summed E-state index contributed by atoms with van der Waals surface area (Å²) in [6, 6.07) is 4.66. The second kappa shape index (κ2) is 10.7. The summed E-state index contributed by atoms with van der Waals surface area (Å²) >= 11 is 5.31. The van der Waals surface area contributed by atoms with Crippen LogP contribution in [0.1, 0.15) is 25.8 Å². The van der Waals surface area contributed by atoms with Crippen LogP contribution < -0.4 is 10.2 Å². The summed E-state index contributed by atoms with van der Waals surface area (Å²) in [5.41, 5.74) is -2.70. The molecule has 1 amide bonds. The zero-order valence-corrected chi connectivity index (χ0v) is 22.7. The van der Waals surface area contributed by atoms with Gasteiger partial charge in [0.15, 0.2) is 5.60 Å². The van der Waals surface area contributed by atoms with Crippen LogP contribution in [0.25, 0.3) is 0 Å². The smallest absolute Gasteiger partial charge is 0.376 e. The van der Waals surface area contributed by atoms with Gasteiger partial charge in [-0.25, -0.2) is 8.42 Å². The molecule has 1 aliphatic carbocycles.